The van der Waals surface area contributed by atoms with E-state index in [1.165, 1.54) is 4.90 Å². The Balaban J connectivity index is 1.83. The zero-order chi connectivity index (χ0) is 24.7. The lowest BCUT2D eigenvalue weighted by atomic mass is 9.70. The van der Waals surface area contributed by atoms with Crippen LogP contribution in [0.3, 0.4) is 0 Å². The van der Waals surface area contributed by atoms with Gasteiger partial charge in [0.25, 0.3) is 0 Å². The van der Waals surface area contributed by atoms with E-state index in [1.807, 2.05) is 6.08 Å². The number of β-amino-alcohol motifs (C(OH)–C–C–N with tert-alkyl or cyclic N) is 1. The molecule has 34 heavy (non-hydrogen) atoms. The Hall–Kier alpha value is -2.19. The number of allylic oxidation sites excluding steroid dienone is 1. The van der Waals surface area contributed by atoms with Crippen LogP contribution in [0.5, 0.6) is 0 Å². The predicted molar refractivity (Wildman–Crippen MR) is 128 cm³/mol. The smallest absolute Gasteiger partial charge is 0.312 e. The number of carbonyl (C=O) groups excluding carboxylic acids is 3. The van der Waals surface area contributed by atoms with Crippen LogP contribution < -0.4 is 0 Å². The standard InChI is InChI=1S/C26H40N2O6/c1-4-7-9-11-18-33-25(32)20-19-12-13-26(34-19)21(20)23(30)28(16-17-29)22(26)24(31)27(14-6-3)15-10-8-5-2/h4,6,19-22,29H,1,3,5,7-18H2,2H3/t19-,20+,21+,22?,26?/m1/s1. The largest absolute Gasteiger partial charge is 0.465 e. The molecule has 2 unspecified atom stereocenters. The first-order valence-corrected chi connectivity index (χ1v) is 12.7. The molecule has 0 saturated carbocycles. The van der Waals surface area contributed by atoms with Gasteiger partial charge in [0.1, 0.15) is 11.6 Å². The van der Waals surface area contributed by atoms with Crippen LogP contribution in [0.1, 0.15) is 58.3 Å². The molecular formula is C26H40N2O6. The molecule has 2 bridgehead atoms. The normalized spacial score (nSPS) is 29.2. The summed E-state index contributed by atoms with van der Waals surface area (Å²) in [7, 11) is 0. The number of amides is 2. The van der Waals surface area contributed by atoms with Gasteiger partial charge < -0.3 is 24.4 Å². The second kappa shape index (κ2) is 12.0. The van der Waals surface area contributed by atoms with E-state index in [9.17, 15) is 19.5 Å². The number of esters is 1. The number of hydrogen-bond donors (Lipinski definition) is 1. The number of fused-ring (bicyclic) bond motifs is 1. The van der Waals surface area contributed by atoms with Crippen LogP contribution in [0.4, 0.5) is 0 Å². The van der Waals surface area contributed by atoms with Gasteiger partial charge in [-0.25, -0.2) is 0 Å². The molecule has 8 nitrogen and oxygen atoms in total. The topological polar surface area (TPSA) is 96.4 Å². The van der Waals surface area contributed by atoms with E-state index < -0.39 is 35.6 Å². The van der Waals surface area contributed by atoms with Crippen molar-refractivity contribution in [1.82, 2.24) is 9.80 Å². The molecule has 0 aromatic rings. The molecule has 2 amide bonds. The summed E-state index contributed by atoms with van der Waals surface area (Å²) in [5.74, 6) is -2.39. The van der Waals surface area contributed by atoms with Crippen molar-refractivity contribution >= 4 is 17.8 Å². The fourth-order valence-electron chi connectivity index (χ4n) is 5.88. The molecule has 3 aliphatic rings. The SMILES string of the molecule is C=CCCCCOC(=O)[C@@H]1[C@H]2C(=O)N(CCO)C(C(=O)N(CC=C)CCCCC)C23CC[C@H]1O3. The number of likely N-dealkylation sites (tertiary alicyclic amines) is 1. The molecule has 0 aromatic heterocycles. The second-order valence-electron chi connectivity index (χ2n) is 9.54. The maximum atomic E-state index is 13.8. The van der Waals surface area contributed by atoms with Crippen molar-refractivity contribution < 1.29 is 29.0 Å². The van der Waals surface area contributed by atoms with Gasteiger partial charge in [0.15, 0.2) is 0 Å². The van der Waals surface area contributed by atoms with Gasteiger partial charge in [-0.15, -0.1) is 13.2 Å². The van der Waals surface area contributed by atoms with Gasteiger partial charge in [0.2, 0.25) is 11.8 Å². The summed E-state index contributed by atoms with van der Waals surface area (Å²) in [4.78, 5) is 43.6. The highest BCUT2D eigenvalue weighted by Crippen LogP contribution is 2.58. The van der Waals surface area contributed by atoms with Crippen molar-refractivity contribution in [2.24, 2.45) is 11.8 Å². The number of nitrogens with zero attached hydrogens (tertiary/aromatic N) is 2. The third kappa shape index (κ3) is 4.93. The van der Waals surface area contributed by atoms with Gasteiger partial charge in [-0.05, 0) is 38.5 Å². The Labute approximate surface area is 202 Å². The fraction of sp³-hybridized carbons (Fsp3) is 0.731. The number of ether oxygens (including phenoxy) is 2. The van der Waals surface area contributed by atoms with Crippen molar-refractivity contribution in [3.8, 4) is 0 Å². The van der Waals surface area contributed by atoms with Crippen LogP contribution in [-0.2, 0) is 23.9 Å². The maximum Gasteiger partial charge on any atom is 0.312 e. The molecule has 0 aromatic carbocycles. The summed E-state index contributed by atoms with van der Waals surface area (Å²) < 4.78 is 11.9. The van der Waals surface area contributed by atoms with E-state index in [0.717, 1.165) is 38.5 Å². The minimum absolute atomic E-state index is 0.0295. The monoisotopic (exact) mass is 476 g/mol. The van der Waals surface area contributed by atoms with E-state index in [1.54, 1.807) is 11.0 Å². The molecule has 190 valence electrons. The number of carbonyl (C=O) groups is 3. The molecule has 1 N–H and O–H groups in total. The molecule has 3 aliphatic heterocycles. The first-order valence-electron chi connectivity index (χ1n) is 12.7. The summed E-state index contributed by atoms with van der Waals surface area (Å²) in [5, 5.41) is 9.68. The number of aliphatic hydroxyl groups is 1. The Morgan fingerprint density at radius 3 is 2.74 bits per heavy atom. The van der Waals surface area contributed by atoms with Gasteiger partial charge in [0.05, 0.1) is 31.2 Å². The first-order chi connectivity index (χ1) is 16.5. The second-order valence-corrected chi connectivity index (χ2v) is 9.54. The van der Waals surface area contributed by atoms with E-state index in [-0.39, 0.29) is 31.6 Å². The van der Waals surface area contributed by atoms with Gasteiger partial charge in [-0.1, -0.05) is 31.9 Å². The van der Waals surface area contributed by atoms with Gasteiger partial charge >= 0.3 is 5.97 Å². The van der Waals surface area contributed by atoms with Crippen LogP contribution in [-0.4, -0.2) is 83.3 Å². The average molecular weight is 477 g/mol. The van der Waals surface area contributed by atoms with Gasteiger partial charge in [0, 0.05) is 19.6 Å². The Bertz CT molecular complexity index is 770. The highest BCUT2D eigenvalue weighted by Gasteiger charge is 2.75. The summed E-state index contributed by atoms with van der Waals surface area (Å²) >= 11 is 0. The molecule has 3 saturated heterocycles. The van der Waals surface area contributed by atoms with Crippen LogP contribution >= 0.6 is 0 Å². The summed E-state index contributed by atoms with van der Waals surface area (Å²) in [6.07, 6.45) is 9.59. The third-order valence-corrected chi connectivity index (χ3v) is 7.39. The van der Waals surface area contributed by atoms with Crippen molar-refractivity contribution in [3.63, 3.8) is 0 Å². The van der Waals surface area contributed by atoms with Gasteiger partial charge in [-0.2, -0.15) is 0 Å². The Kier molecular flexibility index (Phi) is 9.31. The molecule has 5 atom stereocenters. The molecule has 0 radical (unpaired) electrons. The quantitative estimate of drug-likeness (QED) is 0.222. The van der Waals surface area contributed by atoms with Crippen molar-refractivity contribution in [2.45, 2.75) is 76.0 Å². The van der Waals surface area contributed by atoms with Crippen molar-refractivity contribution in [3.05, 3.63) is 25.3 Å². The first kappa shape index (κ1) is 26.4. The number of unbranched alkanes of at least 4 members (excludes halogenated alkanes) is 4. The predicted octanol–water partition coefficient (Wildman–Crippen LogP) is 2.46. The highest BCUT2D eigenvalue weighted by molar-refractivity contribution is 5.98. The van der Waals surface area contributed by atoms with E-state index in [2.05, 4.69) is 20.1 Å². The zero-order valence-electron chi connectivity index (χ0n) is 20.5. The van der Waals surface area contributed by atoms with E-state index in [0.29, 0.717) is 25.9 Å². The molecule has 3 fully saturated rings. The molecule has 8 heteroatoms. The fourth-order valence-corrected chi connectivity index (χ4v) is 5.88. The highest BCUT2D eigenvalue weighted by atomic mass is 16.6. The summed E-state index contributed by atoms with van der Waals surface area (Å²) in [6, 6.07) is -0.853. The molecule has 0 aliphatic carbocycles. The summed E-state index contributed by atoms with van der Waals surface area (Å²) in [6.45, 7) is 10.6. The van der Waals surface area contributed by atoms with Crippen molar-refractivity contribution in [2.75, 3.05) is 32.8 Å². The van der Waals surface area contributed by atoms with Gasteiger partial charge in [-0.3, -0.25) is 14.4 Å². The van der Waals surface area contributed by atoms with Crippen LogP contribution in [0.2, 0.25) is 0 Å². The zero-order valence-corrected chi connectivity index (χ0v) is 20.5. The molecular weight excluding hydrogens is 436 g/mol. The van der Waals surface area contributed by atoms with E-state index >= 15 is 0 Å². The van der Waals surface area contributed by atoms with Crippen LogP contribution in [0.15, 0.2) is 25.3 Å². The van der Waals surface area contributed by atoms with Crippen molar-refractivity contribution in [1.29, 1.82) is 0 Å². The lowest BCUT2D eigenvalue weighted by Gasteiger charge is -2.36. The molecule has 3 rings (SSSR count). The van der Waals surface area contributed by atoms with E-state index in [4.69, 9.17) is 9.47 Å². The Morgan fingerprint density at radius 1 is 1.26 bits per heavy atom. The molecule has 3 heterocycles. The minimum atomic E-state index is -1.05. The number of rotatable bonds is 15. The third-order valence-electron chi connectivity index (χ3n) is 7.39. The maximum absolute atomic E-state index is 13.8. The van der Waals surface area contributed by atoms with Crippen LogP contribution in [0, 0.1) is 11.8 Å². The Morgan fingerprint density at radius 2 is 2.06 bits per heavy atom. The molecule has 1 spiro atoms. The lowest BCUT2D eigenvalue weighted by Crippen LogP contribution is -2.56. The summed E-state index contributed by atoms with van der Waals surface area (Å²) in [5.41, 5.74) is -1.05. The average Bonchev–Trinajstić information content (AvgIpc) is 3.46. The number of aliphatic hydroxyl groups excluding tert-OH is 1. The number of hydrogen-bond acceptors (Lipinski definition) is 6. The van der Waals surface area contributed by atoms with Crippen LogP contribution in [0.25, 0.3) is 0 Å². The minimum Gasteiger partial charge on any atom is -0.465 e. The lowest BCUT2D eigenvalue weighted by molar-refractivity contribution is -0.155.